The molecule has 0 radical (unpaired) electrons. The van der Waals surface area contributed by atoms with Crippen LogP contribution in [0.2, 0.25) is 5.02 Å². The van der Waals surface area contributed by atoms with Gasteiger partial charge in [-0.2, -0.15) is 37.7 Å². The number of hydrogen-bond donors (Lipinski definition) is 2. The maximum Gasteiger partial charge on any atom is 0.490 e. The van der Waals surface area contributed by atoms with Crippen LogP contribution in [0.15, 0.2) is 35.3 Å². The number of hydrogen-bond acceptors (Lipinski definition) is 7. The Bertz CT molecular complexity index is 1000. The van der Waals surface area contributed by atoms with Crippen LogP contribution in [0.4, 0.5) is 26.3 Å². The number of aliphatic carboxylic acids is 2. The number of pyridine rings is 1. The number of halogens is 7. The van der Waals surface area contributed by atoms with Crippen LogP contribution in [0, 0.1) is 11.8 Å². The number of fused-ring (bicyclic) bond motifs is 1. The van der Waals surface area contributed by atoms with E-state index in [1.807, 2.05) is 0 Å². The molecule has 206 valence electrons. The van der Waals surface area contributed by atoms with Gasteiger partial charge in [0.2, 0.25) is 0 Å². The Morgan fingerprint density at radius 1 is 1.14 bits per heavy atom. The summed E-state index contributed by atoms with van der Waals surface area (Å²) in [5.74, 6) is -3.79. The number of aromatic nitrogens is 1. The van der Waals surface area contributed by atoms with E-state index in [2.05, 4.69) is 26.7 Å². The molecule has 4 heterocycles. The smallest absolute Gasteiger partial charge is 0.490 e. The minimum Gasteiger partial charge on any atom is -0.492 e. The molecule has 2 aliphatic heterocycles. The van der Waals surface area contributed by atoms with E-state index in [0.29, 0.717) is 29.6 Å². The Morgan fingerprint density at radius 2 is 1.76 bits per heavy atom. The molecule has 0 bridgehead atoms. The predicted molar refractivity (Wildman–Crippen MR) is 118 cm³/mol. The lowest BCUT2D eigenvalue weighted by atomic mass is 9.94. The molecule has 2 aromatic rings. The third-order valence-electron chi connectivity index (χ3n) is 5.13. The van der Waals surface area contributed by atoms with Crippen LogP contribution >= 0.6 is 22.9 Å². The first-order valence-corrected chi connectivity index (χ1v) is 11.7. The quantitative estimate of drug-likeness (QED) is 0.496. The largest absolute Gasteiger partial charge is 0.492 e. The van der Waals surface area contributed by atoms with Gasteiger partial charge in [-0.25, -0.2) is 9.59 Å². The molecule has 0 spiro atoms. The predicted octanol–water partition coefficient (Wildman–Crippen LogP) is 4.59. The third-order valence-corrected chi connectivity index (χ3v) is 6.07. The molecule has 16 heteroatoms. The second-order valence-electron chi connectivity index (χ2n) is 7.88. The summed E-state index contributed by atoms with van der Waals surface area (Å²) in [5.41, 5.74) is 1.40. The van der Waals surface area contributed by atoms with Crippen molar-refractivity contribution >= 4 is 34.9 Å². The molecule has 0 unspecified atom stereocenters. The zero-order valence-corrected chi connectivity index (χ0v) is 20.3. The molecule has 2 fully saturated rings. The van der Waals surface area contributed by atoms with Crippen LogP contribution < -0.4 is 4.74 Å². The Kier molecular flexibility index (Phi) is 11.0. The van der Waals surface area contributed by atoms with Crippen LogP contribution in [0.3, 0.4) is 0 Å². The number of alkyl halides is 6. The first-order valence-electron chi connectivity index (χ1n) is 10.4. The Labute approximate surface area is 215 Å². The highest BCUT2D eigenvalue weighted by molar-refractivity contribution is 7.07. The molecule has 0 aliphatic carbocycles. The Hall–Kier alpha value is -2.62. The number of rotatable bonds is 5. The molecule has 0 saturated carbocycles. The third kappa shape index (κ3) is 10.3. The van der Waals surface area contributed by atoms with Gasteiger partial charge in [-0.3, -0.25) is 9.88 Å². The van der Waals surface area contributed by atoms with Gasteiger partial charge in [-0.15, -0.1) is 0 Å². The highest BCUT2D eigenvalue weighted by Crippen LogP contribution is 2.35. The summed E-state index contributed by atoms with van der Waals surface area (Å²) in [7, 11) is 0. The number of likely N-dealkylation sites (tertiary alicyclic amines) is 1. The topological polar surface area (TPSA) is 109 Å². The van der Waals surface area contributed by atoms with E-state index in [4.69, 9.17) is 40.9 Å². The summed E-state index contributed by atoms with van der Waals surface area (Å²) in [4.78, 5) is 24.3. The van der Waals surface area contributed by atoms with E-state index in [9.17, 15) is 26.3 Å². The zero-order valence-electron chi connectivity index (χ0n) is 18.7. The summed E-state index contributed by atoms with van der Waals surface area (Å²) >= 11 is 7.70. The minimum absolute atomic E-state index is 0.347. The monoisotopic (exact) mass is 578 g/mol. The van der Waals surface area contributed by atoms with Crippen molar-refractivity contribution in [2.45, 2.75) is 25.0 Å². The van der Waals surface area contributed by atoms with Gasteiger partial charge >= 0.3 is 24.3 Å². The molecule has 2 aromatic heterocycles. The van der Waals surface area contributed by atoms with Gasteiger partial charge in [0, 0.05) is 43.7 Å². The molecule has 8 nitrogen and oxygen atoms in total. The van der Waals surface area contributed by atoms with Gasteiger partial charge in [0.25, 0.3) is 0 Å². The average molecular weight is 579 g/mol. The van der Waals surface area contributed by atoms with E-state index in [0.717, 1.165) is 32.0 Å². The van der Waals surface area contributed by atoms with Crippen LogP contribution in [0.5, 0.6) is 5.75 Å². The summed E-state index contributed by atoms with van der Waals surface area (Å²) in [6.07, 6.45) is -6.50. The van der Waals surface area contributed by atoms with Gasteiger partial charge in [-0.1, -0.05) is 11.6 Å². The molecule has 37 heavy (non-hydrogen) atoms. The fourth-order valence-corrected chi connectivity index (χ4v) is 4.32. The Balaban J connectivity index is 0.000000286. The first-order chi connectivity index (χ1) is 17.2. The summed E-state index contributed by atoms with van der Waals surface area (Å²) < 4.78 is 75.3. The highest BCUT2D eigenvalue weighted by Gasteiger charge is 2.44. The second-order valence-corrected chi connectivity index (χ2v) is 9.09. The summed E-state index contributed by atoms with van der Waals surface area (Å²) in [6, 6.07) is 4.01. The first kappa shape index (κ1) is 30.6. The lowest BCUT2D eigenvalue weighted by Crippen LogP contribution is -2.26. The molecule has 4 rings (SSSR count). The van der Waals surface area contributed by atoms with Crippen molar-refractivity contribution in [3.8, 4) is 5.75 Å². The van der Waals surface area contributed by atoms with Crippen LogP contribution in [-0.4, -0.2) is 76.8 Å². The molecule has 3 atom stereocenters. The van der Waals surface area contributed by atoms with Gasteiger partial charge in [0.15, 0.2) is 0 Å². The van der Waals surface area contributed by atoms with Crippen LogP contribution in [-0.2, 0) is 20.9 Å². The highest BCUT2D eigenvalue weighted by atomic mass is 35.5. The molecule has 2 aliphatic rings. The maximum absolute atomic E-state index is 10.6. The maximum atomic E-state index is 10.6. The van der Waals surface area contributed by atoms with Crippen molar-refractivity contribution in [1.29, 1.82) is 0 Å². The fraction of sp³-hybridized carbons (Fsp3) is 0.476. The van der Waals surface area contributed by atoms with Gasteiger partial charge in [-0.05, 0) is 22.4 Å². The van der Waals surface area contributed by atoms with Crippen molar-refractivity contribution in [3.63, 3.8) is 0 Å². The van der Waals surface area contributed by atoms with E-state index in [1.165, 1.54) is 5.56 Å². The molecule has 2 N–H and O–H groups in total. The van der Waals surface area contributed by atoms with Crippen LogP contribution in [0.25, 0.3) is 0 Å². The molecule has 2 saturated heterocycles. The summed E-state index contributed by atoms with van der Waals surface area (Å²) in [5, 5.41) is 19.2. The number of carboxylic acids is 2. The van der Waals surface area contributed by atoms with Crippen molar-refractivity contribution in [3.05, 3.63) is 45.9 Å². The number of carbonyl (C=O) groups is 2. The molecular weight excluding hydrogens is 558 g/mol. The van der Waals surface area contributed by atoms with Crippen molar-refractivity contribution in [1.82, 2.24) is 9.88 Å². The van der Waals surface area contributed by atoms with E-state index in [1.54, 1.807) is 29.8 Å². The lowest BCUT2D eigenvalue weighted by molar-refractivity contribution is -0.193. The van der Waals surface area contributed by atoms with Gasteiger partial charge in [0.05, 0.1) is 30.5 Å². The van der Waals surface area contributed by atoms with E-state index < -0.39 is 24.3 Å². The zero-order chi connectivity index (χ0) is 27.8. The van der Waals surface area contributed by atoms with Gasteiger partial charge in [0.1, 0.15) is 5.75 Å². The number of nitrogens with zero attached hydrogens (tertiary/aromatic N) is 2. The van der Waals surface area contributed by atoms with E-state index >= 15 is 0 Å². The molecule has 0 aromatic carbocycles. The van der Waals surface area contributed by atoms with Gasteiger partial charge < -0.3 is 19.7 Å². The van der Waals surface area contributed by atoms with Crippen molar-refractivity contribution < 1.29 is 55.6 Å². The van der Waals surface area contributed by atoms with Crippen LogP contribution in [0.1, 0.15) is 5.56 Å². The van der Waals surface area contributed by atoms with Crippen molar-refractivity contribution in [2.24, 2.45) is 11.8 Å². The number of ether oxygens (including phenoxy) is 2. The number of carboxylic acid groups (broad SMARTS) is 2. The van der Waals surface area contributed by atoms with E-state index in [-0.39, 0.29) is 0 Å². The average Bonchev–Trinajstić information content (AvgIpc) is 3.51. The summed E-state index contributed by atoms with van der Waals surface area (Å²) in [6.45, 7) is 4.58. The lowest BCUT2D eigenvalue weighted by Gasteiger charge is -2.19. The number of thiophene rings is 1. The Morgan fingerprint density at radius 3 is 2.27 bits per heavy atom. The second kappa shape index (κ2) is 13.3. The normalized spacial score (nSPS) is 21.2. The molecule has 0 amide bonds. The fourth-order valence-electron chi connectivity index (χ4n) is 3.50. The molecular formula is C21H21ClF6N2O6S. The standard InChI is InChI=1S/C17H19ClN2O2S.2C2HF3O2/c18-14-3-15(5-19-4-14)21-9-13-10-22-17-8-20(7-16(13)17)6-12-1-2-23-11-12;2*3-2(4,5)1(6)7/h1-5,11,13,16-17H,6-10H2;2*(H,6,7)/t13-,16+,17+;;/m0../s1. The minimum atomic E-state index is -5.08. The van der Waals surface area contributed by atoms with Crippen molar-refractivity contribution in [2.75, 3.05) is 26.3 Å². The SMILES string of the molecule is Clc1cncc(OC[C@H]2CO[C@@H]3CN(Cc4ccsc4)C[C@H]23)c1.O=C(O)C(F)(F)F.O=C(O)C(F)(F)F.